The minimum Gasteiger partial charge on any atom is -0.484 e. The number of hydrogen-bond donors (Lipinski definition) is 1. The molecule has 0 aliphatic carbocycles. The van der Waals surface area contributed by atoms with E-state index in [9.17, 15) is 0 Å². The number of nitrogens with two attached hydrogens (primary N) is 1. The molecule has 0 fully saturated rings. The van der Waals surface area contributed by atoms with Crippen molar-refractivity contribution in [2.75, 3.05) is 0 Å². The third-order valence-corrected chi connectivity index (χ3v) is 3.34. The monoisotopic (exact) mass is 324 g/mol. The average Bonchev–Trinajstić information content (AvgIpc) is 2.85. The number of hydrogen-bond acceptors (Lipinski definition) is 4. The Labute approximate surface area is 120 Å². The molecule has 0 saturated heterocycles. The van der Waals surface area contributed by atoms with Crippen LogP contribution < -0.4 is 10.5 Å². The van der Waals surface area contributed by atoms with Gasteiger partial charge in [-0.15, -0.1) is 0 Å². The van der Waals surface area contributed by atoms with E-state index in [1.165, 1.54) is 0 Å². The first kappa shape index (κ1) is 14.0. The molecule has 1 aromatic carbocycles. The molecule has 1 aromatic heterocycles. The highest BCUT2D eigenvalue weighted by Gasteiger charge is 2.09. The largest absolute Gasteiger partial charge is 0.484 e. The fraction of sp³-hybridized carbons (Fsp3) is 0.385. The highest BCUT2D eigenvalue weighted by Crippen LogP contribution is 2.26. The van der Waals surface area contributed by atoms with Crippen LogP contribution in [0, 0.1) is 0 Å². The quantitative estimate of drug-likeness (QED) is 0.918. The lowest BCUT2D eigenvalue weighted by Crippen LogP contribution is -2.11. The molecule has 2 N–H and O–H groups in total. The first-order chi connectivity index (χ1) is 9.11. The van der Waals surface area contributed by atoms with Crippen molar-refractivity contribution >= 4 is 15.9 Å². The summed E-state index contributed by atoms with van der Waals surface area (Å²) in [7, 11) is 0. The molecule has 5 nitrogen and oxygen atoms in total. The highest BCUT2D eigenvalue weighted by molar-refractivity contribution is 9.10. The van der Waals surface area contributed by atoms with Crippen LogP contribution in [0.3, 0.4) is 0 Å². The van der Waals surface area contributed by atoms with Gasteiger partial charge in [0.15, 0.2) is 5.82 Å². The molecule has 0 bridgehead atoms. The predicted molar refractivity (Wildman–Crippen MR) is 76.8 cm³/mol. The van der Waals surface area contributed by atoms with E-state index in [-0.39, 0.29) is 6.04 Å². The van der Waals surface area contributed by atoms with Crippen LogP contribution in [0.2, 0.25) is 0 Å². The van der Waals surface area contributed by atoms with Gasteiger partial charge in [-0.2, -0.15) is 5.10 Å². The number of nitrogens with zero attached hydrogens (tertiary/aromatic N) is 3. The molecule has 0 radical (unpaired) electrons. The lowest BCUT2D eigenvalue weighted by Gasteiger charge is -2.11. The third kappa shape index (κ3) is 3.33. The second-order valence-corrected chi connectivity index (χ2v) is 5.33. The fourth-order valence-corrected chi connectivity index (χ4v) is 2.28. The molecule has 0 atom stereocenters. The van der Waals surface area contributed by atoms with Crippen LogP contribution in [0.25, 0.3) is 0 Å². The van der Waals surface area contributed by atoms with Crippen LogP contribution in [-0.4, -0.2) is 14.8 Å². The van der Waals surface area contributed by atoms with Crippen LogP contribution in [0.1, 0.15) is 31.3 Å². The topological polar surface area (TPSA) is 66.0 Å². The molecule has 0 amide bonds. The van der Waals surface area contributed by atoms with Crippen molar-refractivity contribution < 1.29 is 4.74 Å². The molecule has 0 aliphatic heterocycles. The second-order valence-electron chi connectivity index (χ2n) is 4.47. The molecular formula is C13H17BrN4O. The smallest absolute Gasteiger partial charge is 0.165 e. The van der Waals surface area contributed by atoms with Crippen molar-refractivity contribution in [2.45, 2.75) is 33.0 Å². The van der Waals surface area contributed by atoms with Gasteiger partial charge < -0.3 is 10.5 Å². The van der Waals surface area contributed by atoms with Crippen LogP contribution >= 0.6 is 15.9 Å². The Hall–Kier alpha value is -1.40. The van der Waals surface area contributed by atoms with Gasteiger partial charge >= 0.3 is 0 Å². The number of halogens is 1. The first-order valence-corrected chi connectivity index (χ1v) is 6.90. The summed E-state index contributed by atoms with van der Waals surface area (Å²) in [5, 5.41) is 4.18. The van der Waals surface area contributed by atoms with Gasteiger partial charge in [0.2, 0.25) is 0 Å². The Morgan fingerprint density at radius 2 is 2.21 bits per heavy atom. The SMILES string of the molecule is CC(C)n1ncnc1COc1ccc(CN)cc1Br. The second kappa shape index (κ2) is 6.16. The Bertz CT molecular complexity index is 553. The molecule has 0 saturated carbocycles. The van der Waals surface area contributed by atoms with Crippen molar-refractivity contribution in [3.05, 3.63) is 40.4 Å². The van der Waals surface area contributed by atoms with Gasteiger partial charge in [-0.05, 0) is 47.5 Å². The van der Waals surface area contributed by atoms with Crippen molar-refractivity contribution in [1.29, 1.82) is 0 Å². The Kier molecular flexibility index (Phi) is 4.55. The minimum atomic E-state index is 0.268. The lowest BCUT2D eigenvalue weighted by atomic mass is 10.2. The predicted octanol–water partition coefficient (Wildman–Crippen LogP) is 2.66. The maximum Gasteiger partial charge on any atom is 0.165 e. The van der Waals surface area contributed by atoms with Crippen LogP contribution in [0.5, 0.6) is 5.75 Å². The van der Waals surface area contributed by atoms with Gasteiger partial charge in [0.25, 0.3) is 0 Å². The first-order valence-electron chi connectivity index (χ1n) is 6.11. The number of aromatic nitrogens is 3. The highest BCUT2D eigenvalue weighted by atomic mass is 79.9. The van der Waals surface area contributed by atoms with E-state index in [1.807, 2.05) is 22.9 Å². The molecule has 19 heavy (non-hydrogen) atoms. The van der Waals surface area contributed by atoms with Crippen LogP contribution in [0.15, 0.2) is 29.0 Å². The van der Waals surface area contributed by atoms with Gasteiger partial charge in [-0.25, -0.2) is 9.67 Å². The molecular weight excluding hydrogens is 308 g/mol. The van der Waals surface area contributed by atoms with E-state index < -0.39 is 0 Å². The van der Waals surface area contributed by atoms with E-state index in [4.69, 9.17) is 10.5 Å². The maximum absolute atomic E-state index is 5.76. The summed E-state index contributed by atoms with van der Waals surface area (Å²) in [5.74, 6) is 1.58. The summed E-state index contributed by atoms with van der Waals surface area (Å²) in [6.45, 7) is 5.02. The summed E-state index contributed by atoms with van der Waals surface area (Å²) < 4.78 is 8.50. The lowest BCUT2D eigenvalue weighted by molar-refractivity contribution is 0.280. The summed E-state index contributed by atoms with van der Waals surface area (Å²) in [6, 6.07) is 6.09. The summed E-state index contributed by atoms with van der Waals surface area (Å²) in [5.41, 5.74) is 6.65. The van der Waals surface area contributed by atoms with Crippen LogP contribution in [-0.2, 0) is 13.2 Å². The zero-order valence-electron chi connectivity index (χ0n) is 11.0. The van der Waals surface area contributed by atoms with Crippen molar-refractivity contribution in [1.82, 2.24) is 14.8 Å². The fourth-order valence-electron chi connectivity index (χ4n) is 1.74. The molecule has 1 heterocycles. The van der Waals surface area contributed by atoms with E-state index in [0.717, 1.165) is 21.6 Å². The standard InChI is InChI=1S/C13H17BrN4O/c1-9(2)18-13(16-8-17-18)7-19-12-4-3-10(6-15)5-11(12)14/h3-5,8-9H,6-7,15H2,1-2H3. The normalized spacial score (nSPS) is 11.0. The van der Waals surface area contributed by atoms with Gasteiger partial charge in [-0.1, -0.05) is 6.07 Å². The maximum atomic E-state index is 5.76. The van der Waals surface area contributed by atoms with Gasteiger partial charge in [-0.3, -0.25) is 0 Å². The van der Waals surface area contributed by atoms with E-state index in [2.05, 4.69) is 39.9 Å². The number of ether oxygens (including phenoxy) is 1. The van der Waals surface area contributed by atoms with Crippen LogP contribution in [0.4, 0.5) is 0 Å². The molecule has 0 spiro atoms. The average molecular weight is 325 g/mol. The summed E-state index contributed by atoms with van der Waals surface area (Å²) in [6.07, 6.45) is 1.55. The minimum absolute atomic E-state index is 0.268. The van der Waals surface area contributed by atoms with Crippen molar-refractivity contribution in [3.8, 4) is 5.75 Å². The number of benzene rings is 1. The third-order valence-electron chi connectivity index (χ3n) is 2.73. The van der Waals surface area contributed by atoms with Gasteiger partial charge in [0, 0.05) is 12.6 Å². The van der Waals surface area contributed by atoms with E-state index in [1.54, 1.807) is 6.33 Å². The van der Waals surface area contributed by atoms with Crippen molar-refractivity contribution in [3.63, 3.8) is 0 Å². The Morgan fingerprint density at radius 1 is 1.42 bits per heavy atom. The number of rotatable bonds is 5. The molecule has 2 aromatic rings. The molecule has 0 aliphatic rings. The molecule has 102 valence electrons. The molecule has 2 rings (SSSR count). The summed E-state index contributed by atoms with van der Waals surface area (Å²) in [4.78, 5) is 4.21. The molecule has 0 unspecified atom stereocenters. The molecule has 6 heteroatoms. The van der Waals surface area contributed by atoms with Gasteiger partial charge in [0.1, 0.15) is 18.7 Å². The van der Waals surface area contributed by atoms with E-state index in [0.29, 0.717) is 13.2 Å². The zero-order valence-corrected chi connectivity index (χ0v) is 12.6. The zero-order chi connectivity index (χ0) is 13.8. The summed E-state index contributed by atoms with van der Waals surface area (Å²) >= 11 is 3.48. The van der Waals surface area contributed by atoms with Gasteiger partial charge in [0.05, 0.1) is 4.47 Å². The Morgan fingerprint density at radius 3 is 2.84 bits per heavy atom. The van der Waals surface area contributed by atoms with Crippen molar-refractivity contribution in [2.24, 2.45) is 5.73 Å². The Balaban J connectivity index is 2.08. The van der Waals surface area contributed by atoms with E-state index >= 15 is 0 Å².